The minimum atomic E-state index is 0.0419. The van der Waals surface area contributed by atoms with Crippen molar-refractivity contribution < 1.29 is 9.53 Å². The number of fused-ring (bicyclic) bond motifs is 1. The minimum Gasteiger partial charge on any atom is -0.376 e. The van der Waals surface area contributed by atoms with Crippen LogP contribution in [0, 0.1) is 6.92 Å². The average molecular weight is 447 g/mol. The predicted molar refractivity (Wildman–Crippen MR) is 123 cm³/mol. The molecule has 0 saturated carbocycles. The van der Waals surface area contributed by atoms with Crippen molar-refractivity contribution in [1.29, 1.82) is 0 Å². The molecule has 2 aromatic carbocycles. The lowest BCUT2D eigenvalue weighted by atomic mass is 10.1. The van der Waals surface area contributed by atoms with Crippen LogP contribution in [0.2, 0.25) is 5.02 Å². The number of hydrogen-bond donors (Lipinski definition) is 0. The Hall–Kier alpha value is -1.60. The quantitative estimate of drug-likeness (QED) is 0.453. The Kier molecular flexibility index (Phi) is 6.44. The molecule has 1 atom stereocenters. The SMILES string of the molecule is CSc1ccc(CC(=O)N(CC2CCCO2)c2nc3c(C)cc(Cl)cc3s2)cc1. The van der Waals surface area contributed by atoms with E-state index in [-0.39, 0.29) is 12.0 Å². The summed E-state index contributed by atoms with van der Waals surface area (Å²) in [6.07, 6.45) is 4.47. The third-order valence-corrected chi connectivity index (χ3v) is 7.08. The van der Waals surface area contributed by atoms with E-state index in [9.17, 15) is 4.79 Å². The van der Waals surface area contributed by atoms with Crippen molar-refractivity contribution >= 4 is 56.0 Å². The lowest BCUT2D eigenvalue weighted by Crippen LogP contribution is -2.38. The molecule has 1 aliphatic heterocycles. The first-order chi connectivity index (χ1) is 14.0. The predicted octanol–water partition coefficient (Wildman–Crippen LogP) is 5.73. The first-order valence-corrected chi connectivity index (χ1v) is 12.1. The van der Waals surface area contributed by atoms with Gasteiger partial charge in [-0.05, 0) is 61.4 Å². The highest BCUT2D eigenvalue weighted by molar-refractivity contribution is 7.98. The smallest absolute Gasteiger partial charge is 0.233 e. The van der Waals surface area contributed by atoms with Crippen LogP contribution in [0.3, 0.4) is 0 Å². The summed E-state index contributed by atoms with van der Waals surface area (Å²) in [5, 5.41) is 1.41. The van der Waals surface area contributed by atoms with Crippen LogP contribution in [0.5, 0.6) is 0 Å². The summed E-state index contributed by atoms with van der Waals surface area (Å²) in [5.74, 6) is 0.0419. The van der Waals surface area contributed by atoms with Gasteiger partial charge in [0.05, 0.1) is 29.3 Å². The third-order valence-electron chi connectivity index (χ3n) is 5.10. The topological polar surface area (TPSA) is 42.4 Å². The fourth-order valence-electron chi connectivity index (χ4n) is 3.55. The summed E-state index contributed by atoms with van der Waals surface area (Å²) in [4.78, 5) is 21.1. The summed E-state index contributed by atoms with van der Waals surface area (Å²) in [6.45, 7) is 3.29. The summed E-state index contributed by atoms with van der Waals surface area (Å²) in [5.41, 5.74) is 2.93. The maximum Gasteiger partial charge on any atom is 0.233 e. The number of thiazole rings is 1. The number of ether oxygens (including phenoxy) is 1. The minimum absolute atomic E-state index is 0.0419. The standard InChI is InChI=1S/C22H23ClN2O2S2/c1-14-10-16(23)12-19-21(14)24-22(29-19)25(13-17-4-3-9-27-17)20(26)11-15-5-7-18(28-2)8-6-15/h5-8,10,12,17H,3-4,9,11,13H2,1-2H3. The van der Waals surface area contributed by atoms with Gasteiger partial charge in [0, 0.05) is 16.5 Å². The highest BCUT2D eigenvalue weighted by atomic mass is 35.5. The van der Waals surface area contributed by atoms with Crippen molar-refractivity contribution in [3.8, 4) is 0 Å². The van der Waals surface area contributed by atoms with Crippen LogP contribution in [0.15, 0.2) is 41.3 Å². The van der Waals surface area contributed by atoms with Crippen LogP contribution in [-0.4, -0.2) is 36.4 Å². The Morgan fingerprint density at radius 3 is 2.83 bits per heavy atom. The van der Waals surface area contributed by atoms with Gasteiger partial charge in [0.1, 0.15) is 0 Å². The molecule has 0 bridgehead atoms. The van der Waals surface area contributed by atoms with Crippen LogP contribution in [-0.2, 0) is 16.0 Å². The summed E-state index contributed by atoms with van der Waals surface area (Å²) >= 11 is 9.43. The zero-order valence-electron chi connectivity index (χ0n) is 16.5. The largest absolute Gasteiger partial charge is 0.376 e. The fraction of sp³-hybridized carbons (Fsp3) is 0.364. The van der Waals surface area contributed by atoms with Crippen LogP contribution in [0.25, 0.3) is 10.2 Å². The number of amides is 1. The van der Waals surface area contributed by atoms with Crippen LogP contribution >= 0.6 is 34.7 Å². The number of nitrogens with zero attached hydrogens (tertiary/aromatic N) is 2. The molecular weight excluding hydrogens is 424 g/mol. The second kappa shape index (κ2) is 9.04. The molecule has 4 nitrogen and oxygen atoms in total. The van der Waals surface area contributed by atoms with Gasteiger partial charge < -0.3 is 4.74 Å². The van der Waals surface area contributed by atoms with E-state index < -0.39 is 0 Å². The van der Waals surface area contributed by atoms with Crippen LogP contribution in [0.4, 0.5) is 5.13 Å². The van der Waals surface area contributed by atoms with Gasteiger partial charge in [0.15, 0.2) is 5.13 Å². The fourth-order valence-corrected chi connectivity index (χ4v) is 5.41. The molecule has 29 heavy (non-hydrogen) atoms. The summed E-state index contributed by atoms with van der Waals surface area (Å²) < 4.78 is 6.81. The Morgan fingerprint density at radius 1 is 1.34 bits per heavy atom. The zero-order chi connectivity index (χ0) is 20.4. The van der Waals surface area contributed by atoms with E-state index in [0.29, 0.717) is 23.1 Å². The second-order valence-corrected chi connectivity index (χ2v) is 9.56. The highest BCUT2D eigenvalue weighted by Gasteiger charge is 2.26. The van der Waals surface area contributed by atoms with Crippen LogP contribution in [0.1, 0.15) is 24.0 Å². The van der Waals surface area contributed by atoms with Crippen molar-refractivity contribution in [1.82, 2.24) is 4.98 Å². The highest BCUT2D eigenvalue weighted by Crippen LogP contribution is 2.34. The van der Waals surface area contributed by atoms with Gasteiger partial charge >= 0.3 is 0 Å². The van der Waals surface area contributed by atoms with E-state index in [2.05, 4.69) is 12.1 Å². The first kappa shape index (κ1) is 20.7. The number of carbonyl (C=O) groups excluding carboxylic acids is 1. The maximum atomic E-state index is 13.3. The molecule has 4 rings (SSSR count). The Balaban J connectivity index is 1.63. The number of anilines is 1. The van der Waals surface area contributed by atoms with Gasteiger partial charge in [-0.1, -0.05) is 35.1 Å². The summed E-state index contributed by atoms with van der Waals surface area (Å²) in [7, 11) is 0. The number of benzene rings is 2. The molecule has 0 N–H and O–H groups in total. The second-order valence-electron chi connectivity index (χ2n) is 7.23. The lowest BCUT2D eigenvalue weighted by molar-refractivity contribution is -0.118. The normalized spacial score (nSPS) is 16.4. The number of aromatic nitrogens is 1. The Morgan fingerprint density at radius 2 is 2.14 bits per heavy atom. The molecule has 1 aliphatic rings. The number of carbonyl (C=O) groups is 1. The van der Waals surface area contributed by atoms with Crippen LogP contribution < -0.4 is 4.90 Å². The van der Waals surface area contributed by atoms with Gasteiger partial charge in [-0.15, -0.1) is 11.8 Å². The van der Waals surface area contributed by atoms with E-state index in [1.807, 2.05) is 37.4 Å². The lowest BCUT2D eigenvalue weighted by Gasteiger charge is -2.23. The Bertz CT molecular complexity index is 1010. The van der Waals surface area contributed by atoms with Crippen molar-refractivity contribution in [3.63, 3.8) is 0 Å². The first-order valence-electron chi connectivity index (χ1n) is 9.65. The number of hydrogen-bond acceptors (Lipinski definition) is 5. The molecule has 152 valence electrons. The molecule has 2 heterocycles. The van der Waals surface area contributed by atoms with E-state index in [4.69, 9.17) is 21.3 Å². The van der Waals surface area contributed by atoms with Crippen molar-refractivity contribution in [2.24, 2.45) is 0 Å². The zero-order valence-corrected chi connectivity index (χ0v) is 18.9. The molecule has 0 aliphatic carbocycles. The number of rotatable bonds is 6. The van der Waals surface area contributed by atoms with Crippen molar-refractivity contribution in [2.75, 3.05) is 24.3 Å². The van der Waals surface area contributed by atoms with Crippen molar-refractivity contribution in [2.45, 2.75) is 37.2 Å². The molecule has 1 amide bonds. The number of aryl methyl sites for hydroxylation is 1. The van der Waals surface area contributed by atoms with Crippen molar-refractivity contribution in [3.05, 3.63) is 52.5 Å². The monoisotopic (exact) mass is 446 g/mol. The van der Waals surface area contributed by atoms with Gasteiger partial charge in [0.2, 0.25) is 5.91 Å². The number of thioether (sulfide) groups is 1. The van der Waals surface area contributed by atoms with E-state index in [1.54, 1.807) is 16.7 Å². The van der Waals surface area contributed by atoms with Gasteiger partial charge in [-0.25, -0.2) is 4.98 Å². The molecule has 3 aromatic rings. The molecule has 1 saturated heterocycles. The van der Waals surface area contributed by atoms with E-state index >= 15 is 0 Å². The Labute approximate surface area is 184 Å². The third kappa shape index (κ3) is 4.77. The van der Waals surface area contributed by atoms with E-state index in [0.717, 1.165) is 40.8 Å². The molecule has 0 radical (unpaired) electrons. The van der Waals surface area contributed by atoms with Gasteiger partial charge in [0.25, 0.3) is 0 Å². The van der Waals surface area contributed by atoms with Gasteiger partial charge in [-0.3, -0.25) is 9.69 Å². The van der Waals surface area contributed by atoms with E-state index in [1.165, 1.54) is 16.2 Å². The molecule has 0 spiro atoms. The molecule has 1 unspecified atom stereocenters. The maximum absolute atomic E-state index is 13.3. The molecular formula is C22H23ClN2O2S2. The molecule has 7 heteroatoms. The molecule has 1 aromatic heterocycles. The molecule has 1 fully saturated rings. The average Bonchev–Trinajstić information content (AvgIpc) is 3.36. The number of halogens is 1. The van der Waals surface area contributed by atoms with Gasteiger partial charge in [-0.2, -0.15) is 0 Å². The summed E-state index contributed by atoms with van der Waals surface area (Å²) in [6, 6.07) is 12.0.